The maximum absolute atomic E-state index is 11.7. The minimum absolute atomic E-state index is 0.105. The summed E-state index contributed by atoms with van der Waals surface area (Å²) in [5.41, 5.74) is 5.02. The molecular formula is C23H23N7O. The van der Waals surface area contributed by atoms with E-state index in [-0.39, 0.29) is 5.91 Å². The summed E-state index contributed by atoms with van der Waals surface area (Å²) in [6.07, 6.45) is 2.66. The molecule has 0 bridgehead atoms. The number of fused-ring (bicyclic) bond motifs is 2. The summed E-state index contributed by atoms with van der Waals surface area (Å²) in [4.78, 5) is 22.8. The predicted molar refractivity (Wildman–Crippen MR) is 121 cm³/mol. The van der Waals surface area contributed by atoms with Crippen molar-refractivity contribution in [2.75, 3.05) is 17.2 Å². The Morgan fingerprint density at radius 3 is 2.68 bits per heavy atom. The highest BCUT2D eigenvalue weighted by Crippen LogP contribution is 2.27. The molecule has 0 radical (unpaired) electrons. The number of para-hydroxylation sites is 1. The number of nitrogens with zero attached hydrogens (tertiary/aromatic N) is 5. The highest BCUT2D eigenvalue weighted by Gasteiger charge is 2.18. The van der Waals surface area contributed by atoms with Crippen LogP contribution >= 0.6 is 0 Å². The van der Waals surface area contributed by atoms with E-state index in [4.69, 9.17) is 0 Å². The van der Waals surface area contributed by atoms with Gasteiger partial charge in [0.15, 0.2) is 11.5 Å². The molecule has 1 amide bonds. The number of hydrogen-bond acceptors (Lipinski definition) is 6. The molecule has 2 aromatic carbocycles. The SMILES string of the molecule is CC(=O)N1CCc2ccc(Nc3ncc4c(Nc5ccccc5)nn(C)c4n3)cc2C1. The minimum Gasteiger partial charge on any atom is -0.338 e. The van der Waals surface area contributed by atoms with Gasteiger partial charge in [0.05, 0.1) is 5.39 Å². The van der Waals surface area contributed by atoms with Gasteiger partial charge < -0.3 is 15.5 Å². The lowest BCUT2D eigenvalue weighted by Crippen LogP contribution is -2.34. The maximum Gasteiger partial charge on any atom is 0.229 e. The van der Waals surface area contributed by atoms with Crippen LogP contribution in [0.15, 0.2) is 54.7 Å². The van der Waals surface area contributed by atoms with Crippen molar-refractivity contribution in [3.8, 4) is 0 Å². The quantitative estimate of drug-likeness (QED) is 0.530. The van der Waals surface area contributed by atoms with Crippen molar-refractivity contribution in [3.05, 3.63) is 65.9 Å². The number of aryl methyl sites for hydroxylation is 1. The number of aromatic nitrogens is 4. The van der Waals surface area contributed by atoms with Gasteiger partial charge in [-0.25, -0.2) is 9.67 Å². The summed E-state index contributed by atoms with van der Waals surface area (Å²) in [7, 11) is 1.87. The molecule has 8 nitrogen and oxygen atoms in total. The summed E-state index contributed by atoms with van der Waals surface area (Å²) < 4.78 is 1.74. The van der Waals surface area contributed by atoms with Gasteiger partial charge in [-0.1, -0.05) is 24.3 Å². The summed E-state index contributed by atoms with van der Waals surface area (Å²) >= 11 is 0. The Kier molecular flexibility index (Phi) is 4.74. The lowest BCUT2D eigenvalue weighted by molar-refractivity contribution is -0.129. The normalized spacial score (nSPS) is 13.2. The summed E-state index contributed by atoms with van der Waals surface area (Å²) in [5, 5.41) is 12.0. The van der Waals surface area contributed by atoms with E-state index in [0.29, 0.717) is 18.3 Å². The first-order valence-corrected chi connectivity index (χ1v) is 10.2. The van der Waals surface area contributed by atoms with Crippen LogP contribution in [0, 0.1) is 0 Å². The van der Waals surface area contributed by atoms with Gasteiger partial charge in [0.25, 0.3) is 0 Å². The van der Waals surface area contributed by atoms with Crippen molar-refractivity contribution < 1.29 is 4.79 Å². The predicted octanol–water partition coefficient (Wildman–Crippen LogP) is 3.76. The molecule has 0 saturated heterocycles. The van der Waals surface area contributed by atoms with Gasteiger partial charge in [-0.15, -0.1) is 0 Å². The standard InChI is InChI=1S/C23H23N7O/c1-15(31)30-11-10-16-8-9-19(12-17(16)14-30)26-23-24-13-20-21(28-29(2)22(20)27-23)25-18-6-4-3-5-7-18/h3-9,12-13H,10-11,14H2,1-2H3,(H,25,28)(H,24,26,27). The highest BCUT2D eigenvalue weighted by atomic mass is 16.2. The molecule has 5 rings (SSSR count). The second-order valence-corrected chi connectivity index (χ2v) is 7.69. The second-order valence-electron chi connectivity index (χ2n) is 7.69. The first-order chi connectivity index (χ1) is 15.1. The number of rotatable bonds is 4. The molecule has 0 saturated carbocycles. The molecule has 3 heterocycles. The smallest absolute Gasteiger partial charge is 0.229 e. The molecule has 0 aliphatic carbocycles. The fraction of sp³-hybridized carbons (Fsp3) is 0.217. The third-order valence-corrected chi connectivity index (χ3v) is 5.54. The fourth-order valence-corrected chi connectivity index (χ4v) is 3.88. The number of carbonyl (C=O) groups is 1. The Morgan fingerprint density at radius 1 is 1.03 bits per heavy atom. The van der Waals surface area contributed by atoms with E-state index in [2.05, 4.69) is 37.8 Å². The fourth-order valence-electron chi connectivity index (χ4n) is 3.88. The monoisotopic (exact) mass is 413 g/mol. The zero-order chi connectivity index (χ0) is 21.4. The van der Waals surface area contributed by atoms with E-state index >= 15 is 0 Å². The van der Waals surface area contributed by atoms with Crippen molar-refractivity contribution in [1.29, 1.82) is 0 Å². The molecule has 1 aliphatic rings. The van der Waals surface area contributed by atoms with Crippen molar-refractivity contribution in [1.82, 2.24) is 24.6 Å². The number of nitrogens with one attached hydrogen (secondary N) is 2. The topological polar surface area (TPSA) is 88.0 Å². The molecule has 4 aromatic rings. The Labute approximate surface area is 179 Å². The van der Waals surface area contributed by atoms with E-state index in [1.807, 2.05) is 48.3 Å². The maximum atomic E-state index is 11.7. The Hall–Kier alpha value is -3.94. The molecule has 8 heteroatoms. The van der Waals surface area contributed by atoms with E-state index in [9.17, 15) is 4.79 Å². The molecule has 0 unspecified atom stereocenters. The van der Waals surface area contributed by atoms with Crippen LogP contribution in [-0.4, -0.2) is 37.1 Å². The number of benzene rings is 2. The Morgan fingerprint density at radius 2 is 1.87 bits per heavy atom. The molecular weight excluding hydrogens is 390 g/mol. The zero-order valence-corrected chi connectivity index (χ0v) is 17.5. The number of hydrogen-bond donors (Lipinski definition) is 2. The first kappa shape index (κ1) is 19.0. The van der Waals surface area contributed by atoms with Gasteiger partial charge >= 0.3 is 0 Å². The lowest BCUT2D eigenvalue weighted by Gasteiger charge is -2.28. The van der Waals surface area contributed by atoms with E-state index in [1.54, 1.807) is 17.8 Å². The van der Waals surface area contributed by atoms with Crippen LogP contribution in [0.25, 0.3) is 11.0 Å². The summed E-state index contributed by atoms with van der Waals surface area (Å²) in [6, 6.07) is 16.1. The molecule has 2 aromatic heterocycles. The lowest BCUT2D eigenvalue weighted by atomic mass is 9.99. The Balaban J connectivity index is 1.40. The largest absolute Gasteiger partial charge is 0.338 e. The van der Waals surface area contributed by atoms with Crippen LogP contribution in [0.3, 0.4) is 0 Å². The molecule has 1 aliphatic heterocycles. The average molecular weight is 413 g/mol. The number of carbonyl (C=O) groups excluding carboxylic acids is 1. The van der Waals surface area contributed by atoms with Crippen LogP contribution < -0.4 is 10.6 Å². The molecule has 2 N–H and O–H groups in total. The molecule has 31 heavy (non-hydrogen) atoms. The Bertz CT molecular complexity index is 1270. The first-order valence-electron chi connectivity index (χ1n) is 10.2. The van der Waals surface area contributed by atoms with Crippen molar-refractivity contribution >= 4 is 40.1 Å². The van der Waals surface area contributed by atoms with Gasteiger partial charge in [-0.05, 0) is 41.8 Å². The van der Waals surface area contributed by atoms with Crippen LogP contribution in [-0.2, 0) is 24.8 Å². The van der Waals surface area contributed by atoms with Crippen LogP contribution in [0.1, 0.15) is 18.1 Å². The van der Waals surface area contributed by atoms with Crippen molar-refractivity contribution in [3.63, 3.8) is 0 Å². The van der Waals surface area contributed by atoms with Crippen LogP contribution in [0.5, 0.6) is 0 Å². The van der Waals surface area contributed by atoms with E-state index < -0.39 is 0 Å². The van der Waals surface area contributed by atoms with Crippen LogP contribution in [0.2, 0.25) is 0 Å². The molecule has 0 spiro atoms. The molecule has 156 valence electrons. The van der Waals surface area contributed by atoms with E-state index in [0.717, 1.165) is 40.9 Å². The minimum atomic E-state index is 0.105. The van der Waals surface area contributed by atoms with E-state index in [1.165, 1.54) is 5.56 Å². The molecule has 0 fully saturated rings. The number of anilines is 4. The average Bonchev–Trinajstić information content (AvgIpc) is 3.08. The highest BCUT2D eigenvalue weighted by molar-refractivity contribution is 5.89. The number of amides is 1. The zero-order valence-electron chi connectivity index (χ0n) is 17.5. The third-order valence-electron chi connectivity index (χ3n) is 5.54. The van der Waals surface area contributed by atoms with Gasteiger partial charge in [0.2, 0.25) is 11.9 Å². The van der Waals surface area contributed by atoms with Crippen molar-refractivity contribution in [2.45, 2.75) is 19.9 Å². The summed E-state index contributed by atoms with van der Waals surface area (Å²) in [5.74, 6) is 1.32. The summed E-state index contributed by atoms with van der Waals surface area (Å²) in [6.45, 7) is 3.02. The molecule has 0 atom stereocenters. The second kappa shape index (κ2) is 7.71. The van der Waals surface area contributed by atoms with Gasteiger partial charge in [-0.2, -0.15) is 10.1 Å². The third kappa shape index (κ3) is 3.79. The van der Waals surface area contributed by atoms with Gasteiger partial charge in [0, 0.05) is 44.6 Å². The van der Waals surface area contributed by atoms with Crippen LogP contribution in [0.4, 0.5) is 23.1 Å². The van der Waals surface area contributed by atoms with Gasteiger partial charge in [0.1, 0.15) is 0 Å². The van der Waals surface area contributed by atoms with Gasteiger partial charge in [-0.3, -0.25) is 4.79 Å². The van der Waals surface area contributed by atoms with Crippen molar-refractivity contribution in [2.24, 2.45) is 7.05 Å².